The molecule has 0 aliphatic heterocycles. The molecule has 53 atom stereocenters. The van der Waals surface area contributed by atoms with E-state index in [1.165, 1.54) is 0 Å². The summed E-state index contributed by atoms with van der Waals surface area (Å²) in [5, 5.41) is 0. The van der Waals surface area contributed by atoms with E-state index in [1.54, 1.807) is 0 Å². The molecule has 0 radical (unpaired) electrons. The lowest BCUT2D eigenvalue weighted by Crippen LogP contribution is -1.77. The van der Waals surface area contributed by atoms with Crippen LogP contribution < -0.4 is 0 Å². The fraction of sp³-hybridized carbons (Fsp3) is 0. The predicted octanol–water partition coefficient (Wildman–Crippen LogP) is 56.4. The van der Waals surface area contributed by atoms with E-state index in [0.717, 1.165) is 0 Å². The van der Waals surface area contributed by atoms with Gasteiger partial charge in [-0.15, -0.1) is 437 Å². The van der Waals surface area contributed by atoms with Crippen LogP contribution in [0.1, 0.15) is 0 Å². The minimum Gasteiger partial charge on any atom is -0.102 e. The van der Waals surface area contributed by atoms with Gasteiger partial charge in [0, 0.05) is 0 Å². The number of hydrogen-bond acceptors (Lipinski definition) is 0. The van der Waals surface area contributed by atoms with Crippen molar-refractivity contribution in [2.75, 3.05) is 0 Å². The highest BCUT2D eigenvalue weighted by Gasteiger charge is 2.67. The third-order valence-corrected chi connectivity index (χ3v) is 691. The third-order valence-electron chi connectivity index (χ3n) is 8.53. The smallest absolute Gasteiger partial charge is 0.000000235 e. The molecule has 0 aromatic carbocycles. The highest BCUT2D eigenvalue weighted by molar-refractivity contribution is 9.60. The molecule has 0 amide bonds. The average molecular weight is 3070 g/mol. The summed E-state index contributed by atoms with van der Waals surface area (Å²) in [5.41, 5.74) is 0. The van der Waals surface area contributed by atoms with Gasteiger partial charge in [-0.2, -0.15) is 0 Å². The molecule has 0 aliphatic rings. The molecule has 0 saturated carbocycles. The van der Waals surface area contributed by atoms with Gasteiger partial charge in [0.05, 0.1) is 0 Å². The molecular weight excluding hydrogens is 2970 g/mol. The Morgan fingerprint density at radius 2 is 0.125 bits per heavy atom. The van der Waals surface area contributed by atoms with Crippen LogP contribution in [-0.4, -0.2) is 0 Å². The Morgan fingerprint density at radius 1 is 0.0625 bits per heavy atom. The van der Waals surface area contributed by atoms with E-state index in [2.05, 4.69) is 437 Å². The van der Waals surface area contributed by atoms with E-state index >= 15 is 0 Å². The van der Waals surface area contributed by atoms with Crippen molar-refractivity contribution in [1.29, 1.82) is 0 Å². The first-order valence-electron chi connectivity index (χ1n) is 21.9. The summed E-state index contributed by atoms with van der Waals surface area (Å²) in [5.74, 6) is 0. The van der Waals surface area contributed by atoms with Gasteiger partial charge in [0.2, 0.25) is 0 Å². The highest BCUT2D eigenvalue weighted by atomic mass is 33.7. The summed E-state index contributed by atoms with van der Waals surface area (Å²) in [7, 11) is 185. The lowest BCUT2D eigenvalue weighted by molar-refractivity contribution is 4.29. The summed E-state index contributed by atoms with van der Waals surface area (Å²) in [6, 6.07) is 0. The van der Waals surface area contributed by atoms with Crippen LogP contribution in [0.15, 0.2) is 0 Å². The first-order valence-corrected chi connectivity index (χ1v) is 197. The minimum absolute atomic E-state index is 0.356. The second-order valence-corrected chi connectivity index (χ2v) is 414. The Kier molecular flexibility index (Phi) is 107. The van der Waals surface area contributed by atoms with Crippen LogP contribution in [0.4, 0.5) is 0 Å². The summed E-state index contributed by atoms with van der Waals surface area (Å²) in [6.07, 6.45) is 0. The Labute approximate surface area is 753 Å². The molecule has 0 rings (SSSR count). The van der Waals surface area contributed by atoms with Gasteiger partial charge in [-0.1, -0.05) is 0 Å². The molecule has 53 unspecified atom stereocenters. The Balaban J connectivity index is 14.3. The lowest BCUT2D eigenvalue weighted by atomic mass is 28.3. The Bertz CT molecular complexity index is 1600. The zero-order valence-electron chi connectivity index (χ0n) is 49.3. The van der Waals surface area contributed by atoms with Crippen molar-refractivity contribution in [1.82, 2.24) is 0 Å². The van der Waals surface area contributed by atoms with Crippen LogP contribution in [-0.2, 0) is 0 Å². The van der Waals surface area contributed by atoms with E-state index < -0.39 is 314 Å². The minimum atomic E-state index is -0.621. The van der Waals surface area contributed by atoms with Crippen LogP contribution in [0.25, 0.3) is 0 Å². The Hall–Kier alpha value is 41.3. The van der Waals surface area contributed by atoms with Crippen molar-refractivity contribution < 1.29 is 0 Å². The molecule has 0 spiro atoms. The van der Waals surface area contributed by atoms with E-state index in [0.29, 0.717) is 0 Å². The zero-order valence-corrected chi connectivity index (χ0v) is 148. The van der Waals surface area contributed by atoms with Crippen LogP contribution in [0.2, 0.25) is 0 Å². The normalized spacial score (nSPS) is 15.9. The molecule has 0 aromatic heterocycles. The molecule has 0 fully saturated rings. The first-order chi connectivity index (χ1) is 43.6. The molecule has 0 aromatic rings. The van der Waals surface area contributed by atoms with E-state index in [1.807, 2.05) is 0 Å². The van der Waals surface area contributed by atoms with Crippen LogP contribution in [0.5, 0.6) is 0 Å². The van der Waals surface area contributed by atoms with E-state index in [4.69, 9.17) is 0 Å². The highest BCUT2D eigenvalue weighted by Crippen LogP contribution is 3.54. The van der Waals surface area contributed by atoms with Gasteiger partial charge in [-0.3, -0.25) is 0 Å². The van der Waals surface area contributed by atoms with Crippen LogP contribution in [0, 0.1) is 0 Å². The molecule has 0 nitrogen and oxygen atoms in total. The maximum absolute atomic E-state index is 3.91. The van der Waals surface area contributed by atoms with E-state index in [9.17, 15) is 0 Å². The Morgan fingerprint density at radius 3 is 0.188 bits per heavy atom. The summed E-state index contributed by atoms with van der Waals surface area (Å²) < 4.78 is 0. The SMILES string of the molecule is PP(P)P(P)P(P(P)P)P(P(P(P)P)P(P)P)P(P(P(P(P)P)P(P)P)P(P(P)P)P(P)P)P(P(P(P(P(P)P)P(P)P)P(P(P)P)P(P)P)P(P(P(P)P)P(P)P)P(P(P)P)P(P)P)P(P(P(P(P)P)P(P)P)P(P(P)P)P(P)P)P(P(P(P)P)P(P)P)P(P(P)P)P(P)P. The van der Waals surface area contributed by atoms with Gasteiger partial charge in [0.15, 0.2) is 0 Å². The fourth-order valence-electron chi connectivity index (χ4n) is 5.86. The standard InChI is InChI=1S/H98P96/c1-50(2)74(49)86(73(47)48)92(85(71(43)44)72(45)46)95(91(83(67(35)36)68(37)38)84(69(39)40)70(41)42)96(93(87(75(51(3)4)52(5)6)76(53(7)8)54(9)10)88(77(55(11)12)56(13)14)78(57(15)16)58(17)18)94(89(79(59(19)20)60(21)22)80(61(23)24)62(25)26)90(81(63(27)28)64(29)30)82(65(31)32)66(33)34/h1-49H2. The van der Waals surface area contributed by atoms with E-state index in [-0.39, 0.29) is 14.0 Å². The van der Waals surface area contributed by atoms with Crippen molar-refractivity contribution in [3.63, 3.8) is 0 Å². The van der Waals surface area contributed by atoms with Gasteiger partial charge >= 0.3 is 0 Å². The topological polar surface area (TPSA) is 0 Å². The van der Waals surface area contributed by atoms with Crippen molar-refractivity contribution >= 4 is 766 Å². The molecule has 0 N–H and O–H groups in total. The quantitative estimate of drug-likeness (QED) is 0.0533. The monoisotopic (exact) mass is 3070 g/mol. The molecule has 0 bridgehead atoms. The summed E-state index contributed by atoms with van der Waals surface area (Å²) in [4.78, 5) is 0. The van der Waals surface area contributed by atoms with Gasteiger partial charge in [-0.05, 0) is 328 Å². The van der Waals surface area contributed by atoms with Crippen molar-refractivity contribution in [2.45, 2.75) is 0 Å². The molecule has 0 saturated heterocycles. The summed E-state index contributed by atoms with van der Waals surface area (Å²) >= 11 is 0. The predicted molar refractivity (Wildman–Crippen MR) is 801 cm³/mol. The second-order valence-electron chi connectivity index (χ2n) is 15.3. The van der Waals surface area contributed by atoms with Gasteiger partial charge in [-0.25, -0.2) is 0 Å². The van der Waals surface area contributed by atoms with Crippen molar-refractivity contribution in [3.05, 3.63) is 0 Å². The van der Waals surface area contributed by atoms with Gasteiger partial charge in [0.1, 0.15) is 0 Å². The van der Waals surface area contributed by atoms with Crippen molar-refractivity contribution in [2.24, 2.45) is 0 Å². The average Bonchev–Trinajstić information content (AvgIpc) is 3.36. The van der Waals surface area contributed by atoms with Crippen LogP contribution >= 0.6 is 766 Å². The first kappa shape index (κ1) is 137. The molecule has 578 valence electrons. The zero-order chi connectivity index (χ0) is 76.1. The maximum Gasteiger partial charge on any atom is -0.000000235 e. The third kappa shape index (κ3) is 48.1. The summed E-state index contributed by atoms with van der Waals surface area (Å²) in [6.45, 7) is -20.5. The molecule has 96 heteroatoms. The maximum atomic E-state index is 3.91. The van der Waals surface area contributed by atoms with Gasteiger partial charge < -0.3 is 0 Å². The van der Waals surface area contributed by atoms with Crippen LogP contribution in [0.3, 0.4) is 0 Å². The largest absolute Gasteiger partial charge is 0.102 e. The second kappa shape index (κ2) is 75.1. The van der Waals surface area contributed by atoms with Gasteiger partial charge in [0.25, 0.3) is 0 Å². The molecule has 0 aliphatic carbocycles. The molecular formula is H98P96. The molecule has 0 heterocycles. The molecule has 96 heavy (non-hydrogen) atoms. The number of rotatable bonds is 46. The number of hydrogen-bond donors (Lipinski definition) is 0. The van der Waals surface area contributed by atoms with Crippen molar-refractivity contribution in [3.8, 4) is 0 Å². The fourth-order valence-corrected chi connectivity index (χ4v) is 1420. The lowest BCUT2D eigenvalue weighted by Gasteiger charge is -2.64.